The number of carbonyl (C=O) groups excluding carboxylic acids is 2. The van der Waals surface area contributed by atoms with Crippen molar-refractivity contribution in [3.05, 3.63) is 107 Å². The van der Waals surface area contributed by atoms with Crippen LogP contribution in [-0.2, 0) is 29.0 Å². The van der Waals surface area contributed by atoms with Crippen LogP contribution >= 0.6 is 0 Å². The van der Waals surface area contributed by atoms with E-state index in [0.29, 0.717) is 24.1 Å². The summed E-state index contributed by atoms with van der Waals surface area (Å²) in [4.78, 5) is 28.2. The van der Waals surface area contributed by atoms with Crippen molar-refractivity contribution in [2.45, 2.75) is 45.2 Å². The number of halogens is 2. The van der Waals surface area contributed by atoms with Gasteiger partial charge in [-0.3, -0.25) is 9.59 Å². The van der Waals surface area contributed by atoms with E-state index in [4.69, 9.17) is 0 Å². The molecule has 0 bridgehead atoms. The van der Waals surface area contributed by atoms with Crippen molar-refractivity contribution in [2.24, 2.45) is 0 Å². The molecule has 0 radical (unpaired) electrons. The lowest BCUT2D eigenvalue weighted by molar-refractivity contribution is -0.140. The van der Waals surface area contributed by atoms with Gasteiger partial charge in [0.05, 0.1) is 6.42 Å². The molecule has 0 fully saturated rings. The maximum absolute atomic E-state index is 14.5. The second kappa shape index (κ2) is 12.6. The van der Waals surface area contributed by atoms with E-state index in [1.807, 2.05) is 37.3 Å². The Morgan fingerprint density at radius 1 is 0.882 bits per heavy atom. The summed E-state index contributed by atoms with van der Waals surface area (Å²) < 4.78 is 27.9. The number of benzene rings is 3. The first-order valence-electron chi connectivity index (χ1n) is 11.6. The minimum absolute atomic E-state index is 0.0255. The minimum Gasteiger partial charge on any atom is -0.354 e. The molecule has 1 atom stereocenters. The molecule has 0 aromatic heterocycles. The quantitative estimate of drug-likeness (QED) is 0.403. The van der Waals surface area contributed by atoms with Crippen LogP contribution in [0.5, 0.6) is 0 Å². The molecule has 0 aliphatic heterocycles. The summed E-state index contributed by atoms with van der Waals surface area (Å²) in [7, 11) is 0. The highest BCUT2D eigenvalue weighted by Crippen LogP contribution is 2.18. The Kier molecular flexibility index (Phi) is 9.32. The SMILES string of the molecule is CCCCNC(=O)C(Cc1ccccc1)N(Cc1ccccc1F)C(=O)Cc1ccc(F)cc1. The van der Waals surface area contributed by atoms with Crippen LogP contribution in [0, 0.1) is 11.6 Å². The highest BCUT2D eigenvalue weighted by atomic mass is 19.1. The lowest BCUT2D eigenvalue weighted by atomic mass is 10.0. The average molecular weight is 465 g/mol. The zero-order chi connectivity index (χ0) is 24.3. The first-order chi connectivity index (χ1) is 16.5. The van der Waals surface area contributed by atoms with Crippen LogP contribution in [0.2, 0.25) is 0 Å². The first kappa shape index (κ1) is 25.1. The van der Waals surface area contributed by atoms with E-state index in [2.05, 4.69) is 5.32 Å². The van der Waals surface area contributed by atoms with Crippen molar-refractivity contribution in [2.75, 3.05) is 6.54 Å². The maximum atomic E-state index is 14.5. The van der Waals surface area contributed by atoms with Crippen molar-refractivity contribution >= 4 is 11.8 Å². The van der Waals surface area contributed by atoms with E-state index in [1.165, 1.54) is 23.1 Å². The molecule has 4 nitrogen and oxygen atoms in total. The van der Waals surface area contributed by atoms with Gasteiger partial charge in [-0.15, -0.1) is 0 Å². The minimum atomic E-state index is -0.827. The smallest absolute Gasteiger partial charge is 0.243 e. The number of carbonyl (C=O) groups is 2. The number of unbranched alkanes of at least 4 members (excludes halogenated alkanes) is 1. The van der Waals surface area contributed by atoms with E-state index in [1.54, 1.807) is 30.3 Å². The van der Waals surface area contributed by atoms with Gasteiger partial charge in [0, 0.05) is 25.1 Å². The molecular weight excluding hydrogens is 434 g/mol. The van der Waals surface area contributed by atoms with Crippen LogP contribution in [0.25, 0.3) is 0 Å². The highest BCUT2D eigenvalue weighted by Gasteiger charge is 2.30. The van der Waals surface area contributed by atoms with E-state index in [-0.39, 0.29) is 24.8 Å². The summed E-state index contributed by atoms with van der Waals surface area (Å²) in [6.45, 7) is 2.48. The Balaban J connectivity index is 1.94. The molecule has 178 valence electrons. The van der Waals surface area contributed by atoms with Crippen molar-refractivity contribution in [1.29, 1.82) is 0 Å². The molecule has 1 unspecified atom stereocenters. The predicted molar refractivity (Wildman–Crippen MR) is 129 cm³/mol. The molecule has 0 spiro atoms. The highest BCUT2D eigenvalue weighted by molar-refractivity contribution is 5.88. The summed E-state index contributed by atoms with van der Waals surface area (Å²) in [5.74, 6) is -1.44. The topological polar surface area (TPSA) is 49.4 Å². The summed E-state index contributed by atoms with van der Waals surface area (Å²) in [5.41, 5.74) is 1.84. The van der Waals surface area contributed by atoms with Crippen LogP contribution in [-0.4, -0.2) is 29.3 Å². The van der Waals surface area contributed by atoms with Crippen molar-refractivity contribution in [3.63, 3.8) is 0 Å². The standard InChI is InChI=1S/C28H30F2N2O2/c1-2-3-17-31-28(34)26(18-21-9-5-4-6-10-21)32(20-23-11-7-8-12-25(23)30)27(33)19-22-13-15-24(29)16-14-22/h4-16,26H,2-3,17-20H2,1H3,(H,31,34). The molecule has 0 saturated carbocycles. The lowest BCUT2D eigenvalue weighted by Crippen LogP contribution is -2.51. The van der Waals surface area contributed by atoms with E-state index in [9.17, 15) is 18.4 Å². The second-order valence-electron chi connectivity index (χ2n) is 8.27. The zero-order valence-electron chi connectivity index (χ0n) is 19.3. The number of amides is 2. The molecule has 1 N–H and O–H groups in total. The monoisotopic (exact) mass is 464 g/mol. The van der Waals surface area contributed by atoms with Crippen LogP contribution in [0.3, 0.4) is 0 Å². The van der Waals surface area contributed by atoms with E-state index < -0.39 is 17.7 Å². The number of nitrogens with one attached hydrogen (secondary N) is 1. The zero-order valence-corrected chi connectivity index (χ0v) is 19.3. The number of hydrogen-bond acceptors (Lipinski definition) is 2. The summed E-state index contributed by atoms with van der Waals surface area (Å²) in [6, 6.07) is 20.5. The molecule has 0 aliphatic carbocycles. The van der Waals surface area contributed by atoms with Gasteiger partial charge >= 0.3 is 0 Å². The fourth-order valence-corrected chi connectivity index (χ4v) is 3.75. The second-order valence-corrected chi connectivity index (χ2v) is 8.27. The van der Waals surface area contributed by atoms with E-state index >= 15 is 0 Å². The number of rotatable bonds is 11. The molecule has 0 saturated heterocycles. The molecule has 34 heavy (non-hydrogen) atoms. The Bertz CT molecular complexity index is 1070. The Labute approximate surface area is 199 Å². The van der Waals surface area contributed by atoms with Crippen LogP contribution in [0.1, 0.15) is 36.5 Å². The van der Waals surface area contributed by atoms with E-state index in [0.717, 1.165) is 18.4 Å². The predicted octanol–water partition coefficient (Wildman–Crippen LogP) is 5.06. The number of hydrogen-bond donors (Lipinski definition) is 1. The summed E-state index contributed by atoms with van der Waals surface area (Å²) in [6.07, 6.45) is 2.01. The normalized spacial score (nSPS) is 11.6. The fraction of sp³-hybridized carbons (Fsp3) is 0.286. The van der Waals surface area contributed by atoms with Gasteiger partial charge in [0.25, 0.3) is 0 Å². The van der Waals surface area contributed by atoms with Gasteiger partial charge in [0.15, 0.2) is 0 Å². The molecule has 3 aromatic rings. The maximum Gasteiger partial charge on any atom is 0.243 e. The third kappa shape index (κ3) is 7.24. The van der Waals surface area contributed by atoms with Gasteiger partial charge in [0.1, 0.15) is 17.7 Å². The van der Waals surface area contributed by atoms with Gasteiger partial charge in [0.2, 0.25) is 11.8 Å². The van der Waals surface area contributed by atoms with Gasteiger partial charge in [-0.05, 0) is 35.7 Å². The lowest BCUT2D eigenvalue weighted by Gasteiger charge is -2.32. The van der Waals surface area contributed by atoms with Crippen LogP contribution in [0.15, 0.2) is 78.9 Å². The molecule has 3 aromatic carbocycles. The van der Waals surface area contributed by atoms with Crippen LogP contribution < -0.4 is 5.32 Å². The Morgan fingerprint density at radius 3 is 2.24 bits per heavy atom. The summed E-state index contributed by atoms with van der Waals surface area (Å²) >= 11 is 0. The van der Waals surface area contributed by atoms with Crippen LogP contribution in [0.4, 0.5) is 8.78 Å². The van der Waals surface area contributed by atoms with Gasteiger partial charge < -0.3 is 10.2 Å². The fourth-order valence-electron chi connectivity index (χ4n) is 3.75. The molecule has 3 rings (SSSR count). The molecular formula is C28H30F2N2O2. The Morgan fingerprint density at radius 2 is 1.56 bits per heavy atom. The van der Waals surface area contributed by atoms with Crippen molar-refractivity contribution in [1.82, 2.24) is 10.2 Å². The summed E-state index contributed by atoms with van der Waals surface area (Å²) in [5, 5.41) is 2.93. The third-order valence-corrected chi connectivity index (χ3v) is 5.67. The molecule has 0 aliphatic rings. The van der Waals surface area contributed by atoms with Crippen molar-refractivity contribution < 1.29 is 18.4 Å². The molecule has 6 heteroatoms. The van der Waals surface area contributed by atoms with Gasteiger partial charge in [-0.2, -0.15) is 0 Å². The van der Waals surface area contributed by atoms with Gasteiger partial charge in [-0.1, -0.05) is 74.0 Å². The van der Waals surface area contributed by atoms with Gasteiger partial charge in [-0.25, -0.2) is 8.78 Å². The molecule has 2 amide bonds. The third-order valence-electron chi connectivity index (χ3n) is 5.67. The molecule has 0 heterocycles. The van der Waals surface area contributed by atoms with Crippen molar-refractivity contribution in [3.8, 4) is 0 Å². The largest absolute Gasteiger partial charge is 0.354 e. The Hall–Kier alpha value is -3.54. The number of nitrogens with zero attached hydrogens (tertiary/aromatic N) is 1. The first-order valence-corrected chi connectivity index (χ1v) is 11.6. The average Bonchev–Trinajstić information content (AvgIpc) is 2.84.